The van der Waals surface area contributed by atoms with Gasteiger partial charge in [-0.25, -0.2) is 4.98 Å². The van der Waals surface area contributed by atoms with Gasteiger partial charge in [0.25, 0.3) is 0 Å². The molecule has 0 aliphatic carbocycles. The smallest absolute Gasteiger partial charge is 0.0946 e. The first-order valence-electron chi connectivity index (χ1n) is 5.05. The third kappa shape index (κ3) is 4.10. The van der Waals surface area contributed by atoms with Gasteiger partial charge in [0, 0.05) is 17.3 Å². The van der Waals surface area contributed by atoms with Crippen LogP contribution in [-0.2, 0) is 6.42 Å². The molecule has 1 aromatic heterocycles. The minimum absolute atomic E-state index is 0.349. The van der Waals surface area contributed by atoms with E-state index in [0.29, 0.717) is 6.04 Å². The van der Waals surface area contributed by atoms with Gasteiger partial charge in [-0.05, 0) is 32.3 Å². The summed E-state index contributed by atoms with van der Waals surface area (Å²) < 4.78 is 0. The molecule has 15 heavy (non-hydrogen) atoms. The van der Waals surface area contributed by atoms with E-state index in [2.05, 4.69) is 30.5 Å². The fourth-order valence-corrected chi connectivity index (χ4v) is 2.88. The van der Waals surface area contributed by atoms with Crippen molar-refractivity contribution < 1.29 is 0 Å². The molecule has 1 atom stereocenters. The lowest BCUT2D eigenvalue weighted by Gasteiger charge is -2.13. The van der Waals surface area contributed by atoms with Gasteiger partial charge in [-0.3, -0.25) is 11.3 Å². The Morgan fingerprint density at radius 1 is 1.53 bits per heavy atom. The predicted molar refractivity (Wildman–Crippen MR) is 69.4 cm³/mol. The molecule has 0 aromatic carbocycles. The molecule has 5 heteroatoms. The highest BCUT2D eigenvalue weighted by Gasteiger charge is 2.11. The molecule has 1 aromatic rings. The van der Waals surface area contributed by atoms with Crippen LogP contribution < -0.4 is 11.3 Å². The number of thioether (sulfide) groups is 1. The molecule has 0 aliphatic heterocycles. The van der Waals surface area contributed by atoms with Crippen LogP contribution in [0.15, 0.2) is 0 Å². The standard InChI is InChI=1S/C10H19N3S2/c1-7-8(2)15-10(12-7)6-9(13-11)4-5-14-3/h9,13H,4-6,11H2,1-3H3. The number of rotatable bonds is 6. The Balaban J connectivity index is 2.50. The van der Waals surface area contributed by atoms with E-state index >= 15 is 0 Å². The summed E-state index contributed by atoms with van der Waals surface area (Å²) in [7, 11) is 0. The fraction of sp³-hybridized carbons (Fsp3) is 0.700. The Bertz CT molecular complexity index is 279. The summed E-state index contributed by atoms with van der Waals surface area (Å²) >= 11 is 3.63. The van der Waals surface area contributed by atoms with Crippen molar-refractivity contribution in [2.75, 3.05) is 12.0 Å². The van der Waals surface area contributed by atoms with Crippen molar-refractivity contribution in [1.82, 2.24) is 10.4 Å². The zero-order chi connectivity index (χ0) is 11.3. The lowest BCUT2D eigenvalue weighted by Crippen LogP contribution is -2.37. The molecule has 0 spiro atoms. The van der Waals surface area contributed by atoms with E-state index in [9.17, 15) is 0 Å². The molecular formula is C10H19N3S2. The zero-order valence-electron chi connectivity index (χ0n) is 9.54. The summed E-state index contributed by atoms with van der Waals surface area (Å²) in [6, 6.07) is 0.349. The van der Waals surface area contributed by atoms with Gasteiger partial charge < -0.3 is 0 Å². The van der Waals surface area contributed by atoms with Crippen LogP contribution in [0.3, 0.4) is 0 Å². The minimum Gasteiger partial charge on any atom is -0.271 e. The van der Waals surface area contributed by atoms with Crippen molar-refractivity contribution >= 4 is 23.1 Å². The van der Waals surface area contributed by atoms with Crippen molar-refractivity contribution in [3.63, 3.8) is 0 Å². The molecule has 0 amide bonds. The van der Waals surface area contributed by atoms with Crippen LogP contribution in [0.25, 0.3) is 0 Å². The highest BCUT2D eigenvalue weighted by atomic mass is 32.2. The van der Waals surface area contributed by atoms with Crippen molar-refractivity contribution in [1.29, 1.82) is 0 Å². The number of hydrogen-bond acceptors (Lipinski definition) is 5. The molecular weight excluding hydrogens is 226 g/mol. The average Bonchev–Trinajstić information content (AvgIpc) is 2.53. The van der Waals surface area contributed by atoms with Crippen LogP contribution in [0, 0.1) is 13.8 Å². The number of hydrogen-bond donors (Lipinski definition) is 2. The number of nitrogens with two attached hydrogens (primary N) is 1. The van der Waals surface area contributed by atoms with E-state index < -0.39 is 0 Å². The maximum atomic E-state index is 5.52. The summed E-state index contributed by atoms with van der Waals surface area (Å²) in [5, 5.41) is 1.19. The third-order valence-corrected chi connectivity index (χ3v) is 4.14. The van der Waals surface area contributed by atoms with Gasteiger partial charge in [0.2, 0.25) is 0 Å². The summed E-state index contributed by atoms with van der Waals surface area (Å²) in [5.41, 5.74) is 4.02. The van der Waals surface area contributed by atoms with Crippen LogP contribution in [0.2, 0.25) is 0 Å². The number of nitrogens with zero attached hydrogens (tertiary/aromatic N) is 1. The van der Waals surface area contributed by atoms with E-state index in [4.69, 9.17) is 5.84 Å². The molecule has 0 aliphatic rings. The lowest BCUT2D eigenvalue weighted by molar-refractivity contribution is 0.513. The van der Waals surface area contributed by atoms with Gasteiger partial charge >= 0.3 is 0 Å². The molecule has 1 unspecified atom stereocenters. The molecule has 3 N–H and O–H groups in total. The Labute approximate surface area is 99.8 Å². The van der Waals surface area contributed by atoms with Crippen LogP contribution in [0.4, 0.5) is 0 Å². The second-order valence-corrected chi connectivity index (χ2v) is 5.87. The monoisotopic (exact) mass is 245 g/mol. The normalized spacial score (nSPS) is 13.1. The first kappa shape index (κ1) is 13.0. The van der Waals surface area contributed by atoms with Crippen LogP contribution in [-0.4, -0.2) is 23.0 Å². The molecule has 0 radical (unpaired) electrons. The molecule has 3 nitrogen and oxygen atoms in total. The summed E-state index contributed by atoms with van der Waals surface area (Å²) in [5.74, 6) is 6.66. The van der Waals surface area contributed by atoms with Crippen molar-refractivity contribution in [3.05, 3.63) is 15.6 Å². The molecule has 86 valence electrons. The van der Waals surface area contributed by atoms with E-state index in [-0.39, 0.29) is 0 Å². The van der Waals surface area contributed by atoms with E-state index in [1.165, 1.54) is 9.88 Å². The van der Waals surface area contributed by atoms with Gasteiger partial charge in [-0.15, -0.1) is 11.3 Å². The van der Waals surface area contributed by atoms with Crippen LogP contribution in [0.5, 0.6) is 0 Å². The SMILES string of the molecule is CSCCC(Cc1nc(C)c(C)s1)NN. The quantitative estimate of drug-likeness (QED) is 0.593. The fourth-order valence-electron chi connectivity index (χ4n) is 1.34. The average molecular weight is 245 g/mol. The lowest BCUT2D eigenvalue weighted by atomic mass is 10.2. The Kier molecular flexibility index (Phi) is 5.60. The number of thiazole rings is 1. The van der Waals surface area contributed by atoms with Crippen molar-refractivity contribution in [2.24, 2.45) is 5.84 Å². The maximum Gasteiger partial charge on any atom is 0.0946 e. The van der Waals surface area contributed by atoms with Gasteiger partial charge in [0.1, 0.15) is 0 Å². The number of nitrogens with one attached hydrogen (secondary N) is 1. The summed E-state index contributed by atoms with van der Waals surface area (Å²) in [4.78, 5) is 5.83. The molecule has 0 bridgehead atoms. The minimum atomic E-state index is 0.349. The second-order valence-electron chi connectivity index (χ2n) is 3.60. The number of aryl methyl sites for hydroxylation is 2. The Hall–Kier alpha value is -0.100. The molecule has 0 saturated heterocycles. The maximum absolute atomic E-state index is 5.52. The van der Waals surface area contributed by atoms with Crippen molar-refractivity contribution in [3.8, 4) is 0 Å². The van der Waals surface area contributed by atoms with E-state index in [1.54, 1.807) is 11.3 Å². The first-order chi connectivity index (χ1) is 7.17. The third-order valence-electron chi connectivity index (χ3n) is 2.40. The topological polar surface area (TPSA) is 50.9 Å². The zero-order valence-corrected chi connectivity index (χ0v) is 11.2. The largest absolute Gasteiger partial charge is 0.271 e. The number of aromatic nitrogens is 1. The molecule has 1 heterocycles. The Morgan fingerprint density at radius 3 is 2.73 bits per heavy atom. The second kappa shape index (κ2) is 6.48. The first-order valence-corrected chi connectivity index (χ1v) is 7.26. The van der Waals surface area contributed by atoms with Crippen LogP contribution >= 0.6 is 23.1 Å². The van der Waals surface area contributed by atoms with Gasteiger partial charge in [-0.2, -0.15) is 11.8 Å². The van der Waals surface area contributed by atoms with Crippen molar-refractivity contribution in [2.45, 2.75) is 32.7 Å². The summed E-state index contributed by atoms with van der Waals surface area (Å²) in [6.45, 7) is 4.17. The number of hydrazine groups is 1. The Morgan fingerprint density at radius 2 is 2.27 bits per heavy atom. The molecule has 1 rings (SSSR count). The summed E-state index contributed by atoms with van der Waals surface area (Å²) in [6.07, 6.45) is 4.15. The van der Waals surface area contributed by atoms with Gasteiger partial charge in [0.05, 0.1) is 10.7 Å². The van der Waals surface area contributed by atoms with Gasteiger partial charge in [-0.1, -0.05) is 0 Å². The molecule has 0 saturated carbocycles. The molecule has 0 fully saturated rings. The highest BCUT2D eigenvalue weighted by Crippen LogP contribution is 2.18. The van der Waals surface area contributed by atoms with E-state index in [1.807, 2.05) is 11.8 Å². The highest BCUT2D eigenvalue weighted by molar-refractivity contribution is 7.98. The predicted octanol–water partition coefficient (Wildman–Crippen LogP) is 1.89. The van der Waals surface area contributed by atoms with Crippen LogP contribution in [0.1, 0.15) is 22.0 Å². The van der Waals surface area contributed by atoms with E-state index in [0.717, 1.165) is 24.3 Å². The van der Waals surface area contributed by atoms with Gasteiger partial charge in [0.15, 0.2) is 0 Å².